The van der Waals surface area contributed by atoms with Crippen LogP contribution in [-0.4, -0.2) is 40.7 Å². The minimum atomic E-state index is -1.13. The summed E-state index contributed by atoms with van der Waals surface area (Å²) in [4.78, 5) is 29.9. The van der Waals surface area contributed by atoms with E-state index < -0.39 is 18.6 Å². The molecule has 1 amide bonds. The van der Waals surface area contributed by atoms with Crippen LogP contribution in [0.25, 0.3) is 17.5 Å². The first-order valence-electron chi connectivity index (χ1n) is 12.0. The monoisotopic (exact) mass is 512 g/mol. The van der Waals surface area contributed by atoms with Gasteiger partial charge in [0.15, 0.2) is 0 Å². The van der Waals surface area contributed by atoms with Crippen LogP contribution in [0.4, 0.5) is 4.79 Å². The largest absolute Gasteiger partial charge is 0.497 e. The van der Waals surface area contributed by atoms with Gasteiger partial charge in [-0.15, -0.1) is 0 Å². The first-order chi connectivity index (χ1) is 18.4. The number of oxazole rings is 1. The van der Waals surface area contributed by atoms with Gasteiger partial charge in [-0.05, 0) is 60.5 Å². The number of hydrogen-bond acceptors (Lipinski definition) is 6. The number of methoxy groups -OCH3 is 1. The maximum absolute atomic E-state index is 12.7. The zero-order valence-electron chi connectivity index (χ0n) is 21.2. The number of carbonyl (C=O) groups excluding carboxylic acids is 1. The molecule has 0 unspecified atom stereocenters. The van der Waals surface area contributed by atoms with Gasteiger partial charge in [0.25, 0.3) is 0 Å². The first-order valence-corrected chi connectivity index (χ1v) is 12.0. The molecule has 0 aliphatic heterocycles. The number of aromatic nitrogens is 1. The molecule has 194 valence electrons. The van der Waals surface area contributed by atoms with Crippen molar-refractivity contribution in [3.05, 3.63) is 108 Å². The van der Waals surface area contributed by atoms with Gasteiger partial charge in [-0.3, -0.25) is 9.69 Å². The van der Waals surface area contributed by atoms with Gasteiger partial charge in [0.05, 0.1) is 12.8 Å². The van der Waals surface area contributed by atoms with Crippen LogP contribution in [0.5, 0.6) is 11.5 Å². The molecule has 0 radical (unpaired) electrons. The summed E-state index contributed by atoms with van der Waals surface area (Å²) in [5, 5.41) is 9.33. The predicted octanol–water partition coefficient (Wildman–Crippen LogP) is 6.00. The topological polar surface area (TPSA) is 102 Å². The van der Waals surface area contributed by atoms with Crippen molar-refractivity contribution in [1.82, 2.24) is 9.88 Å². The summed E-state index contributed by atoms with van der Waals surface area (Å²) in [7, 11) is 1.54. The zero-order valence-corrected chi connectivity index (χ0v) is 21.2. The summed E-state index contributed by atoms with van der Waals surface area (Å²) in [6, 6.07) is 23.7. The summed E-state index contributed by atoms with van der Waals surface area (Å²) in [6.07, 6.45) is 3.78. The number of carboxylic acid groups (broad SMARTS) is 1. The number of benzene rings is 3. The highest BCUT2D eigenvalue weighted by atomic mass is 16.6. The van der Waals surface area contributed by atoms with E-state index >= 15 is 0 Å². The van der Waals surface area contributed by atoms with Gasteiger partial charge in [0.2, 0.25) is 5.89 Å². The average Bonchev–Trinajstić information content (AvgIpc) is 3.29. The van der Waals surface area contributed by atoms with E-state index in [4.69, 9.17) is 13.9 Å². The number of carbonyl (C=O) groups is 2. The van der Waals surface area contributed by atoms with Crippen molar-refractivity contribution in [2.45, 2.75) is 19.9 Å². The number of amides is 1. The van der Waals surface area contributed by atoms with E-state index in [0.29, 0.717) is 23.8 Å². The van der Waals surface area contributed by atoms with Crippen LogP contribution in [-0.2, 0) is 17.8 Å². The molecule has 0 fully saturated rings. The molecule has 0 aliphatic rings. The number of nitrogens with zero attached hydrogens (tertiary/aromatic N) is 2. The second kappa shape index (κ2) is 12.4. The second-order valence-corrected chi connectivity index (χ2v) is 8.53. The van der Waals surface area contributed by atoms with Gasteiger partial charge in [-0.1, -0.05) is 48.6 Å². The Morgan fingerprint density at radius 1 is 1.00 bits per heavy atom. The van der Waals surface area contributed by atoms with E-state index in [1.807, 2.05) is 73.7 Å². The van der Waals surface area contributed by atoms with Crippen molar-refractivity contribution in [2.24, 2.45) is 0 Å². The molecule has 3 aromatic carbocycles. The third-order valence-electron chi connectivity index (χ3n) is 5.71. The number of aryl methyl sites for hydroxylation is 1. The molecule has 0 spiro atoms. The summed E-state index contributed by atoms with van der Waals surface area (Å²) in [5.74, 6) is 1.13. The first kappa shape index (κ1) is 26.2. The number of carboxylic acids is 1. The van der Waals surface area contributed by atoms with Crippen molar-refractivity contribution >= 4 is 18.1 Å². The van der Waals surface area contributed by atoms with Crippen molar-refractivity contribution in [1.29, 1.82) is 0 Å². The number of allylic oxidation sites excluding steroid dienone is 1. The third-order valence-corrected chi connectivity index (χ3v) is 5.71. The Morgan fingerprint density at radius 2 is 1.74 bits per heavy atom. The number of aliphatic carboxylic acids is 1. The molecule has 4 aromatic rings. The lowest BCUT2D eigenvalue weighted by Crippen LogP contribution is -2.37. The quantitative estimate of drug-likeness (QED) is 0.278. The molecule has 8 heteroatoms. The lowest BCUT2D eigenvalue weighted by atomic mass is 10.1. The van der Waals surface area contributed by atoms with E-state index in [9.17, 15) is 14.7 Å². The fourth-order valence-corrected chi connectivity index (χ4v) is 3.80. The average molecular weight is 513 g/mol. The van der Waals surface area contributed by atoms with Gasteiger partial charge < -0.3 is 19.0 Å². The Bertz CT molecular complexity index is 1410. The van der Waals surface area contributed by atoms with Gasteiger partial charge in [-0.25, -0.2) is 9.78 Å². The highest BCUT2D eigenvalue weighted by Gasteiger charge is 2.20. The van der Waals surface area contributed by atoms with Gasteiger partial charge in [0.1, 0.15) is 23.8 Å². The van der Waals surface area contributed by atoms with Crippen LogP contribution in [0.15, 0.2) is 89.4 Å². The maximum Gasteiger partial charge on any atom is 0.416 e. The normalized spacial score (nSPS) is 10.9. The van der Waals surface area contributed by atoms with Gasteiger partial charge in [-0.2, -0.15) is 0 Å². The summed E-state index contributed by atoms with van der Waals surface area (Å²) in [5.41, 5.74) is 3.45. The summed E-state index contributed by atoms with van der Waals surface area (Å²) in [6.45, 7) is 1.47. The van der Waals surface area contributed by atoms with E-state index in [1.165, 1.54) is 7.11 Å². The van der Waals surface area contributed by atoms with E-state index in [-0.39, 0.29) is 6.54 Å². The van der Waals surface area contributed by atoms with E-state index in [1.54, 1.807) is 24.3 Å². The minimum Gasteiger partial charge on any atom is -0.497 e. The Morgan fingerprint density at radius 3 is 2.45 bits per heavy atom. The van der Waals surface area contributed by atoms with Crippen molar-refractivity contribution in [3.63, 3.8) is 0 Å². The fraction of sp³-hybridized carbons (Fsp3) is 0.167. The minimum absolute atomic E-state index is 0.0752. The van der Waals surface area contributed by atoms with Crippen LogP contribution in [0, 0.1) is 6.92 Å². The molecule has 8 nitrogen and oxygen atoms in total. The molecule has 0 saturated carbocycles. The van der Waals surface area contributed by atoms with Crippen LogP contribution in [0.1, 0.15) is 22.6 Å². The smallest absolute Gasteiger partial charge is 0.416 e. The van der Waals surface area contributed by atoms with Crippen LogP contribution in [0.2, 0.25) is 0 Å². The molecule has 1 heterocycles. The van der Waals surface area contributed by atoms with Crippen LogP contribution in [0.3, 0.4) is 0 Å². The summed E-state index contributed by atoms with van der Waals surface area (Å²) >= 11 is 0. The summed E-state index contributed by atoms with van der Waals surface area (Å²) < 4.78 is 16.3. The van der Waals surface area contributed by atoms with Crippen molar-refractivity contribution in [3.8, 4) is 23.0 Å². The van der Waals surface area contributed by atoms with Gasteiger partial charge >= 0.3 is 12.1 Å². The Balaban J connectivity index is 1.41. The second-order valence-electron chi connectivity index (χ2n) is 8.53. The van der Waals surface area contributed by atoms with E-state index in [2.05, 4.69) is 4.98 Å². The standard InChI is InChI=1S/C30H28N2O6/c1-21-27(31-29(37-21)24-11-4-3-5-12-24)13-7-9-22-8-6-10-23(18-22)19-32(20-28(33)34)30(35)38-26-16-14-25(36-2)15-17-26/h3-12,14-18H,13,19-20H2,1-2H3,(H,33,34)/b9-7-. The molecule has 0 saturated heterocycles. The molecule has 0 atom stereocenters. The molecule has 38 heavy (non-hydrogen) atoms. The zero-order chi connectivity index (χ0) is 26.9. The SMILES string of the molecule is COc1ccc(OC(=O)N(CC(=O)O)Cc2cccc(/C=C\Cc3nc(-c4ccccc4)oc3C)c2)cc1. The lowest BCUT2D eigenvalue weighted by Gasteiger charge is -2.20. The fourth-order valence-electron chi connectivity index (χ4n) is 3.80. The van der Waals surface area contributed by atoms with Gasteiger partial charge in [0, 0.05) is 18.5 Å². The molecule has 1 aromatic heterocycles. The van der Waals surface area contributed by atoms with Crippen LogP contribution < -0.4 is 9.47 Å². The Hall–Kier alpha value is -4.85. The molecule has 0 aliphatic carbocycles. The van der Waals surface area contributed by atoms with Crippen molar-refractivity contribution < 1.29 is 28.6 Å². The lowest BCUT2D eigenvalue weighted by molar-refractivity contribution is -0.138. The Labute approximate surface area is 220 Å². The number of ether oxygens (including phenoxy) is 2. The highest BCUT2D eigenvalue weighted by molar-refractivity contribution is 5.78. The maximum atomic E-state index is 12.7. The molecular weight excluding hydrogens is 484 g/mol. The Kier molecular flexibility index (Phi) is 8.56. The number of rotatable bonds is 10. The predicted molar refractivity (Wildman–Crippen MR) is 143 cm³/mol. The number of hydrogen-bond donors (Lipinski definition) is 1. The van der Waals surface area contributed by atoms with Crippen LogP contribution >= 0.6 is 0 Å². The molecular formula is C30H28N2O6. The molecule has 0 bridgehead atoms. The highest BCUT2D eigenvalue weighted by Crippen LogP contribution is 2.22. The molecule has 4 rings (SSSR count). The van der Waals surface area contributed by atoms with E-state index in [0.717, 1.165) is 33.0 Å². The van der Waals surface area contributed by atoms with Crippen molar-refractivity contribution in [2.75, 3.05) is 13.7 Å². The third kappa shape index (κ3) is 7.10. The molecule has 1 N–H and O–H groups in total.